The van der Waals surface area contributed by atoms with E-state index < -0.39 is 5.97 Å². The Kier molecular flexibility index (Phi) is 5.67. The molecule has 16 heavy (non-hydrogen) atoms. The highest BCUT2D eigenvalue weighted by atomic mass is 35.5. The number of carboxylic acids is 1. The van der Waals surface area contributed by atoms with Crippen LogP contribution in [0.3, 0.4) is 0 Å². The summed E-state index contributed by atoms with van der Waals surface area (Å²) < 4.78 is 5.42. The molecule has 0 saturated carbocycles. The van der Waals surface area contributed by atoms with Gasteiger partial charge in [0.2, 0.25) is 0 Å². The molecule has 0 aliphatic carbocycles. The number of carbonyl (C=O) groups is 1. The van der Waals surface area contributed by atoms with E-state index in [2.05, 4.69) is 5.32 Å². The van der Waals surface area contributed by atoms with Gasteiger partial charge in [0.15, 0.2) is 0 Å². The minimum absolute atomic E-state index is 0.0130. The first kappa shape index (κ1) is 12.8. The Morgan fingerprint density at radius 1 is 1.38 bits per heavy atom. The summed E-state index contributed by atoms with van der Waals surface area (Å²) in [6.07, 6.45) is 0.760. The van der Waals surface area contributed by atoms with Crippen LogP contribution in [0.25, 0.3) is 0 Å². The molecule has 0 aromatic heterocycles. The van der Waals surface area contributed by atoms with E-state index in [4.69, 9.17) is 21.4 Å². The number of hydrogen-bond acceptors (Lipinski definition) is 3. The van der Waals surface area contributed by atoms with Crippen LogP contribution in [0, 0.1) is 0 Å². The van der Waals surface area contributed by atoms with E-state index in [0.717, 1.165) is 12.2 Å². The van der Waals surface area contributed by atoms with Gasteiger partial charge in [-0.05, 0) is 37.2 Å². The van der Waals surface area contributed by atoms with Gasteiger partial charge in [-0.3, -0.25) is 4.79 Å². The lowest BCUT2D eigenvalue weighted by molar-refractivity contribution is -0.135. The maximum atomic E-state index is 10.2. The maximum absolute atomic E-state index is 10.2. The molecular weight excluding hydrogens is 230 g/mol. The number of benzene rings is 1. The maximum Gasteiger partial charge on any atom is 0.317 e. The average Bonchev–Trinajstić information content (AvgIpc) is 2.25. The fraction of sp³-hybridized carbons (Fsp3) is 0.364. The van der Waals surface area contributed by atoms with Crippen LogP contribution in [-0.2, 0) is 4.79 Å². The van der Waals surface area contributed by atoms with Gasteiger partial charge in [-0.1, -0.05) is 11.6 Å². The number of aliphatic carboxylic acids is 1. The van der Waals surface area contributed by atoms with Crippen molar-refractivity contribution in [3.63, 3.8) is 0 Å². The first-order chi connectivity index (χ1) is 7.68. The second-order valence-electron chi connectivity index (χ2n) is 3.23. The van der Waals surface area contributed by atoms with Crippen LogP contribution >= 0.6 is 11.6 Å². The molecule has 0 heterocycles. The van der Waals surface area contributed by atoms with Gasteiger partial charge in [-0.2, -0.15) is 0 Å². The predicted molar refractivity (Wildman–Crippen MR) is 62.1 cm³/mol. The molecule has 1 aromatic carbocycles. The van der Waals surface area contributed by atoms with Crippen LogP contribution in [0.4, 0.5) is 0 Å². The molecule has 1 rings (SSSR count). The van der Waals surface area contributed by atoms with E-state index in [0.29, 0.717) is 18.2 Å². The summed E-state index contributed by atoms with van der Waals surface area (Å²) in [5, 5.41) is 11.8. The lowest BCUT2D eigenvalue weighted by atomic mass is 10.3. The number of carboxylic acid groups (broad SMARTS) is 1. The van der Waals surface area contributed by atoms with E-state index >= 15 is 0 Å². The third-order valence-electron chi connectivity index (χ3n) is 1.86. The molecule has 2 N–H and O–H groups in total. The standard InChI is InChI=1S/C11H14ClNO3/c12-9-2-4-10(5-3-9)16-7-1-6-13-8-11(14)15/h2-5,13H,1,6-8H2,(H,14,15). The molecule has 0 spiro atoms. The molecule has 0 unspecified atom stereocenters. The molecule has 0 amide bonds. The van der Waals surface area contributed by atoms with Crippen LogP contribution in [0.15, 0.2) is 24.3 Å². The molecule has 1 aromatic rings. The smallest absolute Gasteiger partial charge is 0.317 e. The average molecular weight is 244 g/mol. The first-order valence-electron chi connectivity index (χ1n) is 4.99. The van der Waals surface area contributed by atoms with Crippen molar-refractivity contribution in [3.05, 3.63) is 29.3 Å². The largest absolute Gasteiger partial charge is 0.494 e. The summed E-state index contributed by atoms with van der Waals surface area (Å²) in [5.74, 6) is -0.0822. The van der Waals surface area contributed by atoms with Gasteiger partial charge in [-0.15, -0.1) is 0 Å². The quantitative estimate of drug-likeness (QED) is 0.717. The van der Waals surface area contributed by atoms with Gasteiger partial charge in [0.05, 0.1) is 13.2 Å². The lowest BCUT2D eigenvalue weighted by Gasteiger charge is -2.06. The van der Waals surface area contributed by atoms with Crippen molar-refractivity contribution in [3.8, 4) is 5.75 Å². The zero-order chi connectivity index (χ0) is 11.8. The molecule has 88 valence electrons. The van der Waals surface area contributed by atoms with Crippen molar-refractivity contribution >= 4 is 17.6 Å². The van der Waals surface area contributed by atoms with Crippen molar-refractivity contribution in [1.29, 1.82) is 0 Å². The number of ether oxygens (including phenoxy) is 1. The third kappa shape index (κ3) is 5.58. The highest BCUT2D eigenvalue weighted by molar-refractivity contribution is 6.30. The highest BCUT2D eigenvalue weighted by Gasteiger charge is 1.96. The van der Waals surface area contributed by atoms with Crippen LogP contribution in [-0.4, -0.2) is 30.8 Å². The van der Waals surface area contributed by atoms with E-state index in [1.165, 1.54) is 0 Å². The van der Waals surface area contributed by atoms with Gasteiger partial charge >= 0.3 is 5.97 Å². The van der Waals surface area contributed by atoms with Crippen molar-refractivity contribution in [1.82, 2.24) is 5.32 Å². The zero-order valence-corrected chi connectivity index (χ0v) is 9.54. The van der Waals surface area contributed by atoms with Crippen LogP contribution in [0.1, 0.15) is 6.42 Å². The van der Waals surface area contributed by atoms with Crippen molar-refractivity contribution in [2.24, 2.45) is 0 Å². The lowest BCUT2D eigenvalue weighted by Crippen LogP contribution is -2.24. The van der Waals surface area contributed by atoms with Crippen molar-refractivity contribution in [2.45, 2.75) is 6.42 Å². The minimum atomic E-state index is -0.849. The summed E-state index contributed by atoms with van der Waals surface area (Å²) >= 11 is 5.72. The molecule has 0 atom stereocenters. The van der Waals surface area contributed by atoms with E-state index in [-0.39, 0.29) is 6.54 Å². The number of rotatable bonds is 7. The van der Waals surface area contributed by atoms with Gasteiger partial charge < -0.3 is 15.2 Å². The molecule has 0 fully saturated rings. The SMILES string of the molecule is O=C(O)CNCCCOc1ccc(Cl)cc1. The third-order valence-corrected chi connectivity index (χ3v) is 2.11. The van der Waals surface area contributed by atoms with Gasteiger partial charge in [0, 0.05) is 5.02 Å². The Hall–Kier alpha value is -1.26. The molecule has 0 radical (unpaired) electrons. The zero-order valence-electron chi connectivity index (χ0n) is 8.78. The molecular formula is C11H14ClNO3. The Morgan fingerprint density at radius 2 is 2.06 bits per heavy atom. The topological polar surface area (TPSA) is 58.6 Å². The molecule has 5 heteroatoms. The van der Waals surface area contributed by atoms with Gasteiger partial charge in [0.1, 0.15) is 5.75 Å². The molecule has 4 nitrogen and oxygen atoms in total. The minimum Gasteiger partial charge on any atom is -0.494 e. The Balaban J connectivity index is 2.07. The van der Waals surface area contributed by atoms with E-state index in [1.54, 1.807) is 24.3 Å². The normalized spacial score (nSPS) is 10.1. The Bertz CT molecular complexity index is 327. The number of nitrogens with one attached hydrogen (secondary N) is 1. The first-order valence-corrected chi connectivity index (χ1v) is 5.37. The Labute approximate surface area is 99.2 Å². The summed E-state index contributed by atoms with van der Waals surface area (Å²) in [6.45, 7) is 1.16. The van der Waals surface area contributed by atoms with E-state index in [1.807, 2.05) is 0 Å². The summed E-state index contributed by atoms with van der Waals surface area (Å²) in [6, 6.07) is 7.12. The number of halogens is 1. The van der Waals surface area contributed by atoms with Gasteiger partial charge in [0.25, 0.3) is 0 Å². The van der Waals surface area contributed by atoms with E-state index in [9.17, 15) is 4.79 Å². The van der Waals surface area contributed by atoms with Crippen molar-refractivity contribution < 1.29 is 14.6 Å². The van der Waals surface area contributed by atoms with Crippen LogP contribution in [0.2, 0.25) is 5.02 Å². The second kappa shape index (κ2) is 7.09. The van der Waals surface area contributed by atoms with Crippen LogP contribution in [0.5, 0.6) is 5.75 Å². The molecule has 0 saturated heterocycles. The fourth-order valence-electron chi connectivity index (χ4n) is 1.11. The number of hydrogen-bond donors (Lipinski definition) is 2. The molecule has 0 bridgehead atoms. The predicted octanol–water partition coefficient (Wildman–Crippen LogP) is 1.78. The summed E-state index contributed by atoms with van der Waals surface area (Å²) in [4.78, 5) is 10.2. The monoisotopic (exact) mass is 243 g/mol. The highest BCUT2D eigenvalue weighted by Crippen LogP contribution is 2.15. The summed E-state index contributed by atoms with van der Waals surface area (Å²) in [7, 11) is 0. The van der Waals surface area contributed by atoms with Crippen LogP contribution < -0.4 is 10.1 Å². The van der Waals surface area contributed by atoms with Gasteiger partial charge in [-0.25, -0.2) is 0 Å². The fourth-order valence-corrected chi connectivity index (χ4v) is 1.24. The second-order valence-corrected chi connectivity index (χ2v) is 3.66. The molecule has 0 aliphatic rings. The van der Waals surface area contributed by atoms with Crippen molar-refractivity contribution in [2.75, 3.05) is 19.7 Å². The summed E-state index contributed by atoms with van der Waals surface area (Å²) in [5.41, 5.74) is 0. The Morgan fingerprint density at radius 3 is 2.69 bits per heavy atom. The molecule has 0 aliphatic heterocycles.